The van der Waals surface area contributed by atoms with Crippen molar-refractivity contribution < 1.29 is 14.8 Å². The number of hydroxylamine groups is 2. The van der Waals surface area contributed by atoms with Crippen LogP contribution in [0.5, 0.6) is 0 Å². The largest absolute Gasteiger partial charge is 0.278 e. The van der Waals surface area contributed by atoms with Crippen molar-refractivity contribution in [1.82, 2.24) is 5.06 Å². The summed E-state index contributed by atoms with van der Waals surface area (Å²) in [6.07, 6.45) is 1.77. The first-order valence-corrected chi connectivity index (χ1v) is 3.73. The number of carbonyl (C=O) groups excluding carboxylic acids is 2. The van der Waals surface area contributed by atoms with Gasteiger partial charge in [-0.2, -0.15) is 5.06 Å². The van der Waals surface area contributed by atoms with Crippen LogP contribution in [0.3, 0.4) is 0 Å². The van der Waals surface area contributed by atoms with Crippen LogP contribution in [0.15, 0.2) is 11.6 Å². The Morgan fingerprint density at radius 3 is 2.50 bits per heavy atom. The van der Waals surface area contributed by atoms with E-state index in [0.717, 1.165) is 5.57 Å². The van der Waals surface area contributed by atoms with Crippen LogP contribution in [0, 0.1) is 5.92 Å². The molecule has 1 saturated heterocycles. The van der Waals surface area contributed by atoms with Crippen LogP contribution < -0.4 is 0 Å². The second kappa shape index (κ2) is 3.06. The summed E-state index contributed by atoms with van der Waals surface area (Å²) >= 11 is 0. The summed E-state index contributed by atoms with van der Waals surface area (Å²) in [5.41, 5.74) is 0.969. The fraction of sp³-hybridized carbons (Fsp3) is 0.500. The Morgan fingerprint density at radius 1 is 1.58 bits per heavy atom. The Bertz CT molecular complexity index is 253. The van der Waals surface area contributed by atoms with Gasteiger partial charge in [0.15, 0.2) is 0 Å². The Morgan fingerprint density at radius 2 is 2.17 bits per heavy atom. The molecule has 0 aromatic rings. The lowest BCUT2D eigenvalue weighted by molar-refractivity contribution is -0.171. The van der Waals surface area contributed by atoms with Crippen molar-refractivity contribution in [2.75, 3.05) is 0 Å². The molecule has 2 amide bonds. The highest BCUT2D eigenvalue weighted by molar-refractivity contribution is 6.03. The first-order chi connectivity index (χ1) is 5.52. The summed E-state index contributed by atoms with van der Waals surface area (Å²) < 4.78 is 0. The number of imide groups is 1. The standard InChI is InChI=1S/C8H11NO3/c1-5(2)3-6-4-7(10)9(12)8(6)11/h3,6,12H,4H2,1-2H3. The summed E-state index contributed by atoms with van der Waals surface area (Å²) in [7, 11) is 0. The number of hydrogen-bond acceptors (Lipinski definition) is 3. The molecule has 4 nitrogen and oxygen atoms in total. The predicted molar refractivity (Wildman–Crippen MR) is 41.2 cm³/mol. The second-order valence-electron chi connectivity index (χ2n) is 3.10. The van der Waals surface area contributed by atoms with Gasteiger partial charge in [-0.1, -0.05) is 11.6 Å². The molecule has 1 rings (SSSR count). The molecule has 66 valence electrons. The molecule has 0 spiro atoms. The van der Waals surface area contributed by atoms with E-state index in [1.165, 1.54) is 0 Å². The number of nitrogens with zero attached hydrogens (tertiary/aromatic N) is 1. The highest BCUT2D eigenvalue weighted by Gasteiger charge is 2.36. The summed E-state index contributed by atoms with van der Waals surface area (Å²) in [6, 6.07) is 0. The third-order valence-electron chi connectivity index (χ3n) is 1.69. The van der Waals surface area contributed by atoms with Gasteiger partial charge in [-0.15, -0.1) is 0 Å². The molecule has 1 atom stereocenters. The molecule has 1 unspecified atom stereocenters. The summed E-state index contributed by atoms with van der Waals surface area (Å²) in [6.45, 7) is 3.69. The highest BCUT2D eigenvalue weighted by atomic mass is 16.5. The van der Waals surface area contributed by atoms with E-state index in [-0.39, 0.29) is 11.5 Å². The lowest BCUT2D eigenvalue weighted by Crippen LogP contribution is -2.26. The Kier molecular flexibility index (Phi) is 2.28. The van der Waals surface area contributed by atoms with E-state index in [4.69, 9.17) is 5.21 Å². The molecule has 4 heteroatoms. The van der Waals surface area contributed by atoms with E-state index in [1.54, 1.807) is 6.08 Å². The summed E-state index contributed by atoms with van der Waals surface area (Å²) in [4.78, 5) is 21.9. The van der Waals surface area contributed by atoms with Crippen molar-refractivity contribution in [1.29, 1.82) is 0 Å². The normalized spacial score (nSPS) is 23.2. The van der Waals surface area contributed by atoms with Crippen LogP contribution in [0.4, 0.5) is 0 Å². The number of rotatable bonds is 1. The third-order valence-corrected chi connectivity index (χ3v) is 1.69. The maximum absolute atomic E-state index is 11.1. The average molecular weight is 169 g/mol. The predicted octanol–water partition coefficient (Wildman–Crippen LogP) is 0.717. The number of amides is 2. The molecule has 12 heavy (non-hydrogen) atoms. The molecule has 0 aromatic carbocycles. The van der Waals surface area contributed by atoms with Gasteiger partial charge in [-0.25, -0.2) is 0 Å². The van der Waals surface area contributed by atoms with Crippen LogP contribution in [-0.2, 0) is 9.59 Å². The van der Waals surface area contributed by atoms with Crippen molar-refractivity contribution in [2.24, 2.45) is 5.92 Å². The van der Waals surface area contributed by atoms with E-state index in [9.17, 15) is 9.59 Å². The topological polar surface area (TPSA) is 57.6 Å². The van der Waals surface area contributed by atoms with Gasteiger partial charge in [0.25, 0.3) is 11.8 Å². The molecule has 0 radical (unpaired) electrons. The molecular weight excluding hydrogens is 158 g/mol. The fourth-order valence-corrected chi connectivity index (χ4v) is 1.17. The van der Waals surface area contributed by atoms with Gasteiger partial charge in [0.1, 0.15) is 0 Å². The zero-order valence-corrected chi connectivity index (χ0v) is 7.07. The molecular formula is C8H11NO3. The zero-order chi connectivity index (χ0) is 9.30. The monoisotopic (exact) mass is 169 g/mol. The minimum absolute atomic E-state index is 0.0838. The minimum Gasteiger partial charge on any atom is -0.278 e. The molecule has 1 aliphatic rings. The highest BCUT2D eigenvalue weighted by Crippen LogP contribution is 2.19. The van der Waals surface area contributed by atoms with Gasteiger partial charge in [-0.3, -0.25) is 14.8 Å². The zero-order valence-electron chi connectivity index (χ0n) is 7.07. The SMILES string of the molecule is CC(C)=CC1CC(=O)N(O)C1=O. The van der Waals surface area contributed by atoms with Gasteiger partial charge in [0.2, 0.25) is 0 Å². The average Bonchev–Trinajstić information content (AvgIpc) is 2.17. The molecule has 0 bridgehead atoms. The smallest absolute Gasteiger partial charge is 0.260 e. The van der Waals surface area contributed by atoms with Crippen LogP contribution >= 0.6 is 0 Å². The van der Waals surface area contributed by atoms with Gasteiger partial charge in [0.05, 0.1) is 5.92 Å². The van der Waals surface area contributed by atoms with E-state index < -0.39 is 17.7 Å². The van der Waals surface area contributed by atoms with Gasteiger partial charge >= 0.3 is 0 Å². The van der Waals surface area contributed by atoms with E-state index in [2.05, 4.69) is 0 Å². The quantitative estimate of drug-likeness (QED) is 0.357. The Hall–Kier alpha value is -1.16. The third kappa shape index (κ3) is 1.53. The van der Waals surface area contributed by atoms with Crippen LogP contribution in [0.2, 0.25) is 0 Å². The molecule has 1 heterocycles. The first-order valence-electron chi connectivity index (χ1n) is 3.73. The van der Waals surface area contributed by atoms with Crippen LogP contribution in [0.1, 0.15) is 20.3 Å². The molecule has 0 aliphatic carbocycles. The second-order valence-corrected chi connectivity index (χ2v) is 3.10. The van der Waals surface area contributed by atoms with E-state index in [1.807, 2.05) is 13.8 Å². The first kappa shape index (κ1) is 8.93. The van der Waals surface area contributed by atoms with Gasteiger partial charge in [-0.05, 0) is 13.8 Å². The number of allylic oxidation sites excluding steroid dienone is 1. The van der Waals surface area contributed by atoms with E-state index >= 15 is 0 Å². The van der Waals surface area contributed by atoms with Gasteiger partial charge < -0.3 is 0 Å². The molecule has 1 aliphatic heterocycles. The van der Waals surface area contributed by atoms with Crippen molar-refractivity contribution >= 4 is 11.8 Å². The maximum atomic E-state index is 11.1. The summed E-state index contributed by atoms with van der Waals surface area (Å²) in [5, 5.41) is 9.05. The van der Waals surface area contributed by atoms with E-state index in [0.29, 0.717) is 0 Å². The molecule has 0 saturated carbocycles. The van der Waals surface area contributed by atoms with Crippen molar-refractivity contribution in [2.45, 2.75) is 20.3 Å². The number of carbonyl (C=O) groups is 2. The van der Waals surface area contributed by atoms with Crippen molar-refractivity contribution in [3.63, 3.8) is 0 Å². The molecule has 1 N–H and O–H groups in total. The maximum Gasteiger partial charge on any atom is 0.260 e. The van der Waals surface area contributed by atoms with Crippen LogP contribution in [-0.4, -0.2) is 22.1 Å². The lowest BCUT2D eigenvalue weighted by Gasteiger charge is -2.02. The fourth-order valence-electron chi connectivity index (χ4n) is 1.17. The Balaban J connectivity index is 2.78. The lowest BCUT2D eigenvalue weighted by atomic mass is 10.1. The van der Waals surface area contributed by atoms with Gasteiger partial charge in [0, 0.05) is 6.42 Å². The molecule has 0 aromatic heterocycles. The van der Waals surface area contributed by atoms with Crippen molar-refractivity contribution in [3.05, 3.63) is 11.6 Å². The van der Waals surface area contributed by atoms with Crippen molar-refractivity contribution in [3.8, 4) is 0 Å². The number of hydrogen-bond donors (Lipinski definition) is 1. The molecule has 1 fully saturated rings. The minimum atomic E-state index is -0.527. The Labute approximate surface area is 70.4 Å². The summed E-state index contributed by atoms with van der Waals surface area (Å²) in [5.74, 6) is -1.52. The van der Waals surface area contributed by atoms with Crippen LogP contribution in [0.25, 0.3) is 0 Å².